The van der Waals surface area contributed by atoms with Crippen LogP contribution in [0.25, 0.3) is 0 Å². The molecule has 17 heavy (non-hydrogen) atoms. The Labute approximate surface area is 107 Å². The van der Waals surface area contributed by atoms with Gasteiger partial charge in [-0.3, -0.25) is 4.79 Å². The van der Waals surface area contributed by atoms with Crippen molar-refractivity contribution >= 4 is 17.2 Å². The first-order chi connectivity index (χ1) is 8.24. The Kier molecular flexibility index (Phi) is 4.18. The molecule has 1 aromatic heterocycles. The van der Waals surface area contributed by atoms with Crippen molar-refractivity contribution in [1.82, 2.24) is 4.90 Å². The number of hydrogen-bond donors (Lipinski definition) is 1. The highest BCUT2D eigenvalue weighted by Gasteiger charge is 2.24. The number of aryl methyl sites for hydroxylation is 1. The van der Waals surface area contributed by atoms with E-state index in [0.717, 1.165) is 37.2 Å². The molecule has 0 spiro atoms. The van der Waals surface area contributed by atoms with E-state index in [4.69, 9.17) is 5.73 Å². The van der Waals surface area contributed by atoms with E-state index in [-0.39, 0.29) is 5.91 Å². The highest BCUT2D eigenvalue weighted by atomic mass is 32.1. The van der Waals surface area contributed by atoms with Crippen LogP contribution in [0.1, 0.15) is 34.3 Å². The summed E-state index contributed by atoms with van der Waals surface area (Å²) in [5.41, 5.74) is 5.69. The molecule has 1 aliphatic heterocycles. The van der Waals surface area contributed by atoms with Gasteiger partial charge in [-0.15, -0.1) is 11.3 Å². The third kappa shape index (κ3) is 2.87. The molecule has 0 aliphatic carbocycles. The molecule has 1 saturated heterocycles. The Morgan fingerprint density at radius 2 is 2.41 bits per heavy atom. The van der Waals surface area contributed by atoms with E-state index in [1.54, 1.807) is 11.3 Å². The van der Waals surface area contributed by atoms with Crippen LogP contribution in [0.4, 0.5) is 0 Å². The SMILES string of the molecule is CCc1ccc(C(=O)N2CCCC(CN)C2)s1. The van der Waals surface area contributed by atoms with Gasteiger partial charge in [0.1, 0.15) is 0 Å². The Morgan fingerprint density at radius 3 is 3.06 bits per heavy atom. The minimum absolute atomic E-state index is 0.188. The summed E-state index contributed by atoms with van der Waals surface area (Å²) in [5.74, 6) is 0.672. The molecule has 1 aromatic rings. The van der Waals surface area contributed by atoms with Gasteiger partial charge in [-0.25, -0.2) is 0 Å². The molecule has 1 amide bonds. The van der Waals surface area contributed by atoms with Crippen LogP contribution in [-0.4, -0.2) is 30.4 Å². The molecule has 0 aromatic carbocycles. The number of carbonyl (C=O) groups excluding carboxylic acids is 1. The van der Waals surface area contributed by atoms with Crippen molar-refractivity contribution < 1.29 is 4.79 Å². The Hall–Kier alpha value is -0.870. The number of thiophene rings is 1. The fourth-order valence-corrected chi connectivity index (χ4v) is 3.20. The fourth-order valence-electron chi connectivity index (χ4n) is 2.28. The van der Waals surface area contributed by atoms with E-state index in [1.165, 1.54) is 4.88 Å². The smallest absolute Gasteiger partial charge is 0.263 e. The molecule has 0 bridgehead atoms. The lowest BCUT2D eigenvalue weighted by Gasteiger charge is -2.31. The predicted octanol–water partition coefficient (Wildman–Crippen LogP) is 2.12. The molecule has 94 valence electrons. The number of nitrogens with zero attached hydrogens (tertiary/aromatic N) is 1. The van der Waals surface area contributed by atoms with Gasteiger partial charge in [-0.2, -0.15) is 0 Å². The van der Waals surface area contributed by atoms with Gasteiger partial charge in [0.2, 0.25) is 0 Å². The molecule has 2 N–H and O–H groups in total. The highest BCUT2D eigenvalue weighted by molar-refractivity contribution is 7.14. The molecular formula is C13H20N2OS. The maximum Gasteiger partial charge on any atom is 0.263 e. The van der Waals surface area contributed by atoms with Crippen molar-refractivity contribution in [1.29, 1.82) is 0 Å². The van der Waals surface area contributed by atoms with Gasteiger partial charge in [0.05, 0.1) is 4.88 Å². The summed E-state index contributed by atoms with van der Waals surface area (Å²) >= 11 is 1.62. The first-order valence-corrected chi connectivity index (χ1v) is 7.14. The van der Waals surface area contributed by atoms with Gasteiger partial charge in [0.25, 0.3) is 5.91 Å². The third-order valence-corrected chi connectivity index (χ3v) is 4.58. The summed E-state index contributed by atoms with van der Waals surface area (Å²) in [5, 5.41) is 0. The van der Waals surface area contributed by atoms with Crippen molar-refractivity contribution in [3.8, 4) is 0 Å². The lowest BCUT2D eigenvalue weighted by molar-refractivity contribution is 0.0683. The topological polar surface area (TPSA) is 46.3 Å². The van der Waals surface area contributed by atoms with Gasteiger partial charge < -0.3 is 10.6 Å². The molecule has 4 heteroatoms. The second-order valence-electron chi connectivity index (χ2n) is 4.61. The molecule has 0 saturated carbocycles. The van der Waals surface area contributed by atoms with Crippen molar-refractivity contribution in [3.63, 3.8) is 0 Å². The van der Waals surface area contributed by atoms with Crippen molar-refractivity contribution in [2.75, 3.05) is 19.6 Å². The minimum Gasteiger partial charge on any atom is -0.338 e. The molecular weight excluding hydrogens is 232 g/mol. The molecule has 2 heterocycles. The second kappa shape index (κ2) is 5.65. The minimum atomic E-state index is 0.188. The van der Waals surface area contributed by atoms with Crippen molar-refractivity contribution in [3.05, 3.63) is 21.9 Å². The monoisotopic (exact) mass is 252 g/mol. The van der Waals surface area contributed by atoms with Crippen LogP contribution in [0.3, 0.4) is 0 Å². The highest BCUT2D eigenvalue weighted by Crippen LogP contribution is 2.22. The van der Waals surface area contributed by atoms with Crippen LogP contribution in [0.15, 0.2) is 12.1 Å². The maximum atomic E-state index is 12.3. The first kappa shape index (κ1) is 12.6. The van der Waals surface area contributed by atoms with E-state index in [0.29, 0.717) is 12.5 Å². The van der Waals surface area contributed by atoms with Gasteiger partial charge in [0, 0.05) is 18.0 Å². The lowest BCUT2D eigenvalue weighted by atomic mass is 9.98. The van der Waals surface area contributed by atoms with E-state index in [9.17, 15) is 4.79 Å². The van der Waals surface area contributed by atoms with E-state index in [2.05, 4.69) is 13.0 Å². The largest absolute Gasteiger partial charge is 0.338 e. The van der Waals surface area contributed by atoms with Crippen LogP contribution in [0, 0.1) is 5.92 Å². The summed E-state index contributed by atoms with van der Waals surface area (Å²) in [6.07, 6.45) is 3.24. The van der Waals surface area contributed by atoms with Gasteiger partial charge in [-0.1, -0.05) is 6.92 Å². The van der Waals surface area contributed by atoms with Gasteiger partial charge in [-0.05, 0) is 43.9 Å². The van der Waals surface area contributed by atoms with Gasteiger partial charge >= 0.3 is 0 Å². The number of rotatable bonds is 3. The van der Waals surface area contributed by atoms with Crippen LogP contribution in [-0.2, 0) is 6.42 Å². The number of piperidine rings is 1. The van der Waals surface area contributed by atoms with Crippen LogP contribution >= 0.6 is 11.3 Å². The number of amides is 1. The molecule has 0 radical (unpaired) electrons. The maximum absolute atomic E-state index is 12.3. The van der Waals surface area contributed by atoms with E-state index < -0.39 is 0 Å². The molecule has 1 unspecified atom stereocenters. The molecule has 1 aliphatic rings. The van der Waals surface area contributed by atoms with Crippen LogP contribution in [0.5, 0.6) is 0 Å². The van der Waals surface area contributed by atoms with E-state index in [1.807, 2.05) is 11.0 Å². The second-order valence-corrected chi connectivity index (χ2v) is 5.78. The third-order valence-electron chi connectivity index (χ3n) is 3.36. The summed E-state index contributed by atoms with van der Waals surface area (Å²) < 4.78 is 0. The first-order valence-electron chi connectivity index (χ1n) is 6.32. The summed E-state index contributed by atoms with van der Waals surface area (Å²) in [6, 6.07) is 4.01. The number of nitrogens with two attached hydrogens (primary N) is 1. The Morgan fingerprint density at radius 1 is 1.59 bits per heavy atom. The summed E-state index contributed by atoms with van der Waals surface area (Å²) in [7, 11) is 0. The predicted molar refractivity (Wildman–Crippen MR) is 71.4 cm³/mol. The number of carbonyl (C=O) groups is 1. The normalized spacial score (nSPS) is 20.6. The molecule has 3 nitrogen and oxygen atoms in total. The number of hydrogen-bond acceptors (Lipinski definition) is 3. The van der Waals surface area contributed by atoms with Crippen molar-refractivity contribution in [2.45, 2.75) is 26.2 Å². The quantitative estimate of drug-likeness (QED) is 0.895. The Balaban J connectivity index is 2.03. The van der Waals surface area contributed by atoms with Crippen LogP contribution in [0.2, 0.25) is 0 Å². The zero-order valence-corrected chi connectivity index (χ0v) is 11.1. The summed E-state index contributed by atoms with van der Waals surface area (Å²) in [6.45, 7) is 4.52. The Bertz CT molecular complexity index is 389. The number of likely N-dealkylation sites (tertiary alicyclic amines) is 1. The van der Waals surface area contributed by atoms with E-state index >= 15 is 0 Å². The zero-order valence-electron chi connectivity index (χ0n) is 10.3. The van der Waals surface area contributed by atoms with Crippen LogP contribution < -0.4 is 5.73 Å². The average Bonchev–Trinajstić information content (AvgIpc) is 2.86. The fraction of sp³-hybridized carbons (Fsp3) is 0.615. The zero-order chi connectivity index (χ0) is 12.3. The molecule has 1 fully saturated rings. The summed E-state index contributed by atoms with van der Waals surface area (Å²) in [4.78, 5) is 16.4. The average molecular weight is 252 g/mol. The molecule has 1 atom stereocenters. The van der Waals surface area contributed by atoms with Crippen molar-refractivity contribution in [2.24, 2.45) is 11.7 Å². The lowest BCUT2D eigenvalue weighted by Crippen LogP contribution is -2.41. The standard InChI is InChI=1S/C13H20N2OS/c1-2-11-5-6-12(17-11)13(16)15-7-3-4-10(8-14)9-15/h5-6,10H,2-4,7-9,14H2,1H3. The van der Waals surface area contributed by atoms with Gasteiger partial charge in [0.15, 0.2) is 0 Å². The molecule has 2 rings (SSSR count).